The molecule has 4 atom stereocenters. The highest BCUT2D eigenvalue weighted by molar-refractivity contribution is 6.07. The molecule has 22 heavy (non-hydrogen) atoms. The predicted molar refractivity (Wildman–Crippen MR) is 77.8 cm³/mol. The van der Waals surface area contributed by atoms with Crippen molar-refractivity contribution in [2.45, 2.75) is 26.0 Å². The monoisotopic (exact) mass is 303 g/mol. The third-order valence-electron chi connectivity index (χ3n) is 5.04. The largest absolute Gasteiger partial charge is 0.504 e. The molecule has 0 radical (unpaired) electrons. The SMILES string of the molecule is CC1C(O)C=C2c3cc4c(c(O)c3C(=O)NC2C1C)OCO4. The first-order valence-corrected chi connectivity index (χ1v) is 7.35. The topological polar surface area (TPSA) is 88.0 Å². The van der Waals surface area contributed by atoms with Crippen molar-refractivity contribution in [1.29, 1.82) is 0 Å². The number of hydrogen-bond acceptors (Lipinski definition) is 5. The summed E-state index contributed by atoms with van der Waals surface area (Å²) in [5.74, 6) is 0.209. The minimum Gasteiger partial charge on any atom is -0.504 e. The minimum absolute atomic E-state index is 0.0198. The van der Waals surface area contributed by atoms with Gasteiger partial charge >= 0.3 is 0 Å². The van der Waals surface area contributed by atoms with E-state index < -0.39 is 6.10 Å². The second kappa shape index (κ2) is 4.39. The molecule has 0 saturated heterocycles. The molecule has 0 aromatic heterocycles. The van der Waals surface area contributed by atoms with E-state index >= 15 is 0 Å². The van der Waals surface area contributed by atoms with E-state index in [0.29, 0.717) is 11.3 Å². The van der Waals surface area contributed by atoms with Gasteiger partial charge in [0.25, 0.3) is 5.91 Å². The molecule has 6 heteroatoms. The number of phenols is 1. The maximum Gasteiger partial charge on any atom is 0.256 e. The van der Waals surface area contributed by atoms with Crippen LogP contribution in [0.15, 0.2) is 12.1 Å². The van der Waals surface area contributed by atoms with Crippen molar-refractivity contribution in [3.8, 4) is 17.2 Å². The van der Waals surface area contributed by atoms with Crippen LogP contribution in [0.4, 0.5) is 0 Å². The summed E-state index contributed by atoms with van der Waals surface area (Å²) in [6.45, 7) is 3.98. The van der Waals surface area contributed by atoms with Gasteiger partial charge in [-0.25, -0.2) is 0 Å². The highest BCUT2D eigenvalue weighted by Crippen LogP contribution is 2.49. The van der Waals surface area contributed by atoms with Gasteiger partial charge in [0.05, 0.1) is 17.7 Å². The van der Waals surface area contributed by atoms with Crippen LogP contribution in [0.5, 0.6) is 17.2 Å². The standard InChI is InChI=1S/C16H17NO5/c1-6-7(2)13-9(3-10(6)18)8-4-11-15(22-5-21-11)14(19)12(8)16(20)17-13/h3-4,6-7,10,13,18-19H,5H2,1-2H3,(H,17,20). The van der Waals surface area contributed by atoms with Gasteiger partial charge in [-0.05, 0) is 35.1 Å². The molecule has 4 rings (SSSR count). The number of fused-ring (bicyclic) bond motifs is 4. The Morgan fingerprint density at radius 3 is 2.82 bits per heavy atom. The molecule has 3 aliphatic rings. The van der Waals surface area contributed by atoms with Crippen molar-refractivity contribution in [1.82, 2.24) is 5.32 Å². The number of carbonyl (C=O) groups excluding carboxylic acids is 1. The van der Waals surface area contributed by atoms with Crippen LogP contribution in [0.2, 0.25) is 0 Å². The summed E-state index contributed by atoms with van der Waals surface area (Å²) in [5, 5.41) is 23.5. The van der Waals surface area contributed by atoms with E-state index in [2.05, 4.69) is 5.32 Å². The first-order valence-electron chi connectivity index (χ1n) is 7.35. The second-order valence-corrected chi connectivity index (χ2v) is 6.16. The summed E-state index contributed by atoms with van der Waals surface area (Å²) in [7, 11) is 0. The zero-order valence-electron chi connectivity index (χ0n) is 12.3. The molecule has 2 heterocycles. The number of rotatable bonds is 0. The summed E-state index contributed by atoms with van der Waals surface area (Å²) < 4.78 is 10.5. The average molecular weight is 303 g/mol. The maximum atomic E-state index is 12.4. The smallest absolute Gasteiger partial charge is 0.256 e. The van der Waals surface area contributed by atoms with Crippen LogP contribution in [0.1, 0.15) is 29.8 Å². The molecule has 1 aliphatic carbocycles. The molecule has 2 aliphatic heterocycles. The van der Waals surface area contributed by atoms with Crippen molar-refractivity contribution in [2.24, 2.45) is 11.8 Å². The summed E-state index contributed by atoms with van der Waals surface area (Å²) in [4.78, 5) is 12.4. The molecule has 0 saturated carbocycles. The van der Waals surface area contributed by atoms with Gasteiger partial charge in [-0.2, -0.15) is 0 Å². The molecule has 1 aromatic rings. The van der Waals surface area contributed by atoms with Crippen LogP contribution in [-0.2, 0) is 0 Å². The van der Waals surface area contributed by atoms with Gasteiger partial charge in [-0.1, -0.05) is 13.8 Å². The zero-order chi connectivity index (χ0) is 15.6. The average Bonchev–Trinajstić information content (AvgIpc) is 2.95. The third-order valence-corrected chi connectivity index (χ3v) is 5.04. The third kappa shape index (κ3) is 1.61. The summed E-state index contributed by atoms with van der Waals surface area (Å²) in [5.41, 5.74) is 1.61. The number of carbonyl (C=O) groups is 1. The Hall–Kier alpha value is -2.21. The number of phenolic OH excluding ortho intramolecular Hbond substituents is 1. The summed E-state index contributed by atoms with van der Waals surface area (Å²) >= 11 is 0. The van der Waals surface area contributed by atoms with Gasteiger partial charge < -0.3 is 25.0 Å². The molecule has 0 fully saturated rings. The minimum atomic E-state index is -0.586. The van der Waals surface area contributed by atoms with Crippen molar-refractivity contribution in [3.05, 3.63) is 23.3 Å². The lowest BCUT2D eigenvalue weighted by molar-refractivity contribution is 0.0847. The van der Waals surface area contributed by atoms with E-state index in [4.69, 9.17) is 9.47 Å². The van der Waals surface area contributed by atoms with Crippen molar-refractivity contribution in [3.63, 3.8) is 0 Å². The van der Waals surface area contributed by atoms with E-state index in [9.17, 15) is 15.0 Å². The number of hydrogen-bond donors (Lipinski definition) is 3. The number of aromatic hydroxyl groups is 1. The lowest BCUT2D eigenvalue weighted by atomic mass is 9.72. The highest BCUT2D eigenvalue weighted by Gasteiger charge is 2.42. The van der Waals surface area contributed by atoms with Crippen LogP contribution in [0.3, 0.4) is 0 Å². The fraction of sp³-hybridized carbons (Fsp3) is 0.438. The number of ether oxygens (including phenoxy) is 2. The fourth-order valence-electron chi connectivity index (χ4n) is 3.50. The Morgan fingerprint density at radius 1 is 1.27 bits per heavy atom. The van der Waals surface area contributed by atoms with Crippen LogP contribution in [-0.4, -0.2) is 35.1 Å². The first kappa shape index (κ1) is 13.5. The van der Waals surface area contributed by atoms with Gasteiger partial charge in [0.1, 0.15) is 0 Å². The number of aliphatic hydroxyl groups excluding tert-OH is 1. The number of nitrogens with one attached hydrogen (secondary N) is 1. The zero-order valence-corrected chi connectivity index (χ0v) is 12.3. The summed E-state index contributed by atoms with van der Waals surface area (Å²) in [6, 6.07) is 1.53. The van der Waals surface area contributed by atoms with Crippen LogP contribution in [0.25, 0.3) is 5.57 Å². The molecular formula is C16H17NO5. The predicted octanol–water partition coefficient (Wildman–Crippen LogP) is 1.26. The Kier molecular flexibility index (Phi) is 2.69. The molecular weight excluding hydrogens is 286 g/mol. The molecule has 0 bridgehead atoms. The van der Waals surface area contributed by atoms with Gasteiger partial charge in [-0.15, -0.1) is 0 Å². The molecule has 6 nitrogen and oxygen atoms in total. The number of benzene rings is 1. The van der Waals surface area contributed by atoms with Crippen LogP contribution < -0.4 is 14.8 Å². The van der Waals surface area contributed by atoms with Crippen LogP contribution in [0, 0.1) is 11.8 Å². The van der Waals surface area contributed by atoms with E-state index in [1.807, 2.05) is 13.8 Å². The van der Waals surface area contributed by atoms with E-state index in [1.54, 1.807) is 12.1 Å². The molecule has 3 N–H and O–H groups in total. The van der Waals surface area contributed by atoms with Gasteiger partial charge in [0.2, 0.25) is 12.5 Å². The molecule has 1 amide bonds. The Balaban J connectivity index is 1.95. The van der Waals surface area contributed by atoms with Gasteiger partial charge in [-0.3, -0.25) is 4.79 Å². The van der Waals surface area contributed by atoms with E-state index in [0.717, 1.165) is 5.57 Å². The van der Waals surface area contributed by atoms with Crippen LogP contribution >= 0.6 is 0 Å². The molecule has 116 valence electrons. The van der Waals surface area contributed by atoms with E-state index in [1.165, 1.54) is 0 Å². The van der Waals surface area contributed by atoms with Crippen molar-refractivity contribution in [2.75, 3.05) is 6.79 Å². The number of aliphatic hydroxyl groups is 1. The van der Waals surface area contributed by atoms with E-state index in [-0.39, 0.29) is 47.6 Å². The highest BCUT2D eigenvalue weighted by atomic mass is 16.7. The Bertz CT molecular complexity index is 711. The molecule has 0 spiro atoms. The number of amides is 1. The Morgan fingerprint density at radius 2 is 2.05 bits per heavy atom. The van der Waals surface area contributed by atoms with Gasteiger partial charge in [0, 0.05) is 0 Å². The lowest BCUT2D eigenvalue weighted by Gasteiger charge is -2.41. The second-order valence-electron chi connectivity index (χ2n) is 6.16. The lowest BCUT2D eigenvalue weighted by Crippen LogP contribution is -2.50. The van der Waals surface area contributed by atoms with Crippen molar-refractivity contribution < 1.29 is 24.5 Å². The first-order chi connectivity index (χ1) is 10.5. The normalized spacial score (nSPS) is 32.0. The quantitative estimate of drug-likeness (QED) is 0.671. The molecule has 1 aromatic carbocycles. The Labute approximate surface area is 127 Å². The van der Waals surface area contributed by atoms with Crippen molar-refractivity contribution >= 4 is 11.5 Å². The van der Waals surface area contributed by atoms with Gasteiger partial charge in [0.15, 0.2) is 11.5 Å². The molecule has 4 unspecified atom stereocenters. The fourth-order valence-corrected chi connectivity index (χ4v) is 3.50. The summed E-state index contributed by atoms with van der Waals surface area (Å²) in [6.07, 6.45) is 1.17. The maximum absolute atomic E-state index is 12.4.